The Bertz CT molecular complexity index is 912. The summed E-state index contributed by atoms with van der Waals surface area (Å²) >= 11 is 0. The second kappa shape index (κ2) is 8.96. The Morgan fingerprint density at radius 2 is 2.00 bits per heavy atom. The van der Waals surface area contributed by atoms with Gasteiger partial charge in [-0.25, -0.2) is 0 Å². The van der Waals surface area contributed by atoms with Crippen LogP contribution in [0.1, 0.15) is 41.6 Å². The molecule has 29 heavy (non-hydrogen) atoms. The quantitative estimate of drug-likeness (QED) is 0.653. The van der Waals surface area contributed by atoms with E-state index in [1.54, 1.807) is 19.4 Å². The van der Waals surface area contributed by atoms with Crippen LogP contribution in [0.5, 0.6) is 5.75 Å². The lowest BCUT2D eigenvalue weighted by Crippen LogP contribution is -2.40. The summed E-state index contributed by atoms with van der Waals surface area (Å²) in [6.45, 7) is 2.47. The maximum Gasteiger partial charge on any atom is 0.273 e. The van der Waals surface area contributed by atoms with Crippen molar-refractivity contribution in [3.63, 3.8) is 0 Å². The molecule has 7 heteroatoms. The summed E-state index contributed by atoms with van der Waals surface area (Å²) in [5.74, 6) is 1.90. The molecule has 1 aliphatic heterocycles. The van der Waals surface area contributed by atoms with Gasteiger partial charge >= 0.3 is 0 Å². The van der Waals surface area contributed by atoms with Crippen LogP contribution in [-0.4, -0.2) is 42.7 Å². The Morgan fingerprint density at radius 1 is 1.21 bits per heavy atom. The number of rotatable bonds is 7. The van der Waals surface area contributed by atoms with Crippen molar-refractivity contribution in [2.24, 2.45) is 0 Å². The molecule has 0 saturated carbocycles. The van der Waals surface area contributed by atoms with E-state index in [4.69, 9.17) is 13.7 Å². The van der Waals surface area contributed by atoms with E-state index in [9.17, 15) is 4.79 Å². The van der Waals surface area contributed by atoms with Gasteiger partial charge in [-0.3, -0.25) is 9.69 Å². The Kier molecular flexibility index (Phi) is 5.95. The first-order chi connectivity index (χ1) is 14.2. The average molecular weight is 395 g/mol. The third-order valence-electron chi connectivity index (χ3n) is 5.28. The number of methoxy groups -OCH3 is 1. The Balaban J connectivity index is 1.42. The lowest BCUT2D eigenvalue weighted by Gasteiger charge is -2.33. The molecule has 1 aliphatic rings. The van der Waals surface area contributed by atoms with Gasteiger partial charge in [-0.2, -0.15) is 0 Å². The summed E-state index contributed by atoms with van der Waals surface area (Å²) in [5.41, 5.74) is 1.09. The Morgan fingerprint density at radius 3 is 2.69 bits per heavy atom. The third-order valence-corrected chi connectivity index (χ3v) is 5.28. The molecule has 1 fully saturated rings. The molecular weight excluding hydrogens is 370 g/mol. The zero-order chi connectivity index (χ0) is 20.1. The summed E-state index contributed by atoms with van der Waals surface area (Å²) in [4.78, 5) is 15.0. The molecule has 0 aliphatic carbocycles. The predicted octanol–water partition coefficient (Wildman–Crippen LogP) is 3.90. The molecule has 0 bridgehead atoms. The molecule has 152 valence electrons. The first-order valence-electron chi connectivity index (χ1n) is 9.91. The second-order valence-electron chi connectivity index (χ2n) is 7.14. The van der Waals surface area contributed by atoms with E-state index in [-0.39, 0.29) is 17.6 Å². The van der Waals surface area contributed by atoms with Gasteiger partial charge in [-0.05, 0) is 62.3 Å². The van der Waals surface area contributed by atoms with Gasteiger partial charge in [0.2, 0.25) is 0 Å². The molecule has 2 aromatic heterocycles. The van der Waals surface area contributed by atoms with Crippen LogP contribution < -0.4 is 10.1 Å². The van der Waals surface area contributed by atoms with E-state index < -0.39 is 0 Å². The SMILES string of the molecule is COc1ccc(-c2cc(C(=O)NCC(c3ccco3)N3CCCCC3)no2)cc1. The fraction of sp³-hybridized carbons (Fsp3) is 0.364. The first kappa shape index (κ1) is 19.3. The summed E-state index contributed by atoms with van der Waals surface area (Å²) in [5, 5.41) is 6.92. The van der Waals surface area contributed by atoms with Crippen molar-refractivity contribution in [2.45, 2.75) is 25.3 Å². The predicted molar refractivity (Wildman–Crippen MR) is 108 cm³/mol. The van der Waals surface area contributed by atoms with Gasteiger partial charge in [0.05, 0.1) is 19.4 Å². The van der Waals surface area contributed by atoms with Crippen molar-refractivity contribution in [3.05, 3.63) is 60.2 Å². The number of benzene rings is 1. The number of nitrogens with one attached hydrogen (secondary N) is 1. The van der Waals surface area contributed by atoms with Gasteiger partial charge in [-0.15, -0.1) is 0 Å². The van der Waals surface area contributed by atoms with Gasteiger partial charge in [0.25, 0.3) is 5.91 Å². The fourth-order valence-corrected chi connectivity index (χ4v) is 3.67. The zero-order valence-corrected chi connectivity index (χ0v) is 16.5. The molecule has 3 aromatic rings. The molecule has 3 heterocycles. The number of ether oxygens (including phenoxy) is 1. The normalized spacial score (nSPS) is 15.8. The Hall–Kier alpha value is -3.06. The number of carbonyl (C=O) groups excluding carboxylic acids is 1. The monoisotopic (exact) mass is 395 g/mol. The van der Waals surface area contributed by atoms with Crippen molar-refractivity contribution in [1.29, 1.82) is 0 Å². The molecule has 1 atom stereocenters. The lowest BCUT2D eigenvalue weighted by atomic mass is 10.1. The molecule has 7 nitrogen and oxygen atoms in total. The minimum absolute atomic E-state index is 0.0159. The van der Waals surface area contributed by atoms with E-state index >= 15 is 0 Å². The maximum atomic E-state index is 12.6. The highest BCUT2D eigenvalue weighted by Gasteiger charge is 2.25. The zero-order valence-electron chi connectivity index (χ0n) is 16.5. The standard InChI is InChI=1S/C22H25N3O4/c1-27-17-9-7-16(8-10-17)21-14-18(24-29-21)22(26)23-15-19(20-6-5-13-28-20)25-11-3-2-4-12-25/h5-10,13-14,19H,2-4,11-12,15H2,1H3,(H,23,26). The van der Waals surface area contributed by atoms with Crippen LogP contribution >= 0.6 is 0 Å². The van der Waals surface area contributed by atoms with Gasteiger partial charge in [0.1, 0.15) is 11.5 Å². The van der Waals surface area contributed by atoms with Crippen molar-refractivity contribution < 1.29 is 18.5 Å². The molecule has 4 rings (SSSR count). The molecule has 1 aromatic carbocycles. The van der Waals surface area contributed by atoms with Gasteiger partial charge in [0, 0.05) is 18.2 Å². The van der Waals surface area contributed by atoms with E-state index in [0.29, 0.717) is 12.3 Å². The van der Waals surface area contributed by atoms with Crippen LogP contribution in [0, 0.1) is 0 Å². The smallest absolute Gasteiger partial charge is 0.273 e. The average Bonchev–Trinajstić information content (AvgIpc) is 3.47. The van der Waals surface area contributed by atoms with Crippen LogP contribution in [-0.2, 0) is 0 Å². The Labute approximate surface area is 169 Å². The number of carbonyl (C=O) groups is 1. The third kappa shape index (κ3) is 4.51. The number of hydrogen-bond donors (Lipinski definition) is 1. The highest BCUT2D eigenvalue weighted by molar-refractivity contribution is 5.93. The van der Waals surface area contributed by atoms with Gasteiger partial charge < -0.3 is 19.0 Å². The molecule has 0 spiro atoms. The summed E-state index contributed by atoms with van der Waals surface area (Å²) in [7, 11) is 1.62. The van der Waals surface area contributed by atoms with Crippen molar-refractivity contribution in [3.8, 4) is 17.1 Å². The summed E-state index contributed by atoms with van der Waals surface area (Å²) in [6, 6.07) is 12.9. The highest BCUT2D eigenvalue weighted by Crippen LogP contribution is 2.25. The lowest BCUT2D eigenvalue weighted by molar-refractivity contribution is 0.0905. The van der Waals surface area contributed by atoms with E-state index in [1.807, 2.05) is 36.4 Å². The van der Waals surface area contributed by atoms with Crippen LogP contribution in [0.4, 0.5) is 0 Å². The minimum atomic E-state index is -0.262. The molecule has 1 N–H and O–H groups in total. The molecular formula is C22H25N3O4. The van der Waals surface area contributed by atoms with E-state index in [1.165, 1.54) is 19.3 Å². The number of furan rings is 1. The topological polar surface area (TPSA) is 80.7 Å². The molecule has 1 unspecified atom stereocenters. The van der Waals surface area contributed by atoms with Crippen molar-refractivity contribution in [1.82, 2.24) is 15.4 Å². The first-order valence-corrected chi connectivity index (χ1v) is 9.91. The number of piperidine rings is 1. The number of nitrogens with zero attached hydrogens (tertiary/aromatic N) is 2. The molecule has 1 amide bonds. The van der Waals surface area contributed by atoms with Crippen molar-refractivity contribution >= 4 is 5.91 Å². The van der Waals surface area contributed by atoms with E-state index in [0.717, 1.165) is 30.2 Å². The second-order valence-corrected chi connectivity index (χ2v) is 7.14. The number of likely N-dealkylation sites (tertiary alicyclic amines) is 1. The van der Waals surface area contributed by atoms with Crippen molar-refractivity contribution in [2.75, 3.05) is 26.7 Å². The number of amides is 1. The van der Waals surface area contributed by atoms with Crippen LogP contribution in [0.15, 0.2) is 57.7 Å². The van der Waals surface area contributed by atoms with Crippen LogP contribution in [0.3, 0.4) is 0 Å². The van der Waals surface area contributed by atoms with Crippen LogP contribution in [0.2, 0.25) is 0 Å². The van der Waals surface area contributed by atoms with E-state index in [2.05, 4.69) is 15.4 Å². The van der Waals surface area contributed by atoms with Gasteiger partial charge in [0.15, 0.2) is 11.5 Å². The summed E-state index contributed by atoms with van der Waals surface area (Å²) < 4.78 is 16.2. The van der Waals surface area contributed by atoms with Crippen LogP contribution in [0.25, 0.3) is 11.3 Å². The largest absolute Gasteiger partial charge is 0.497 e. The van der Waals surface area contributed by atoms with Gasteiger partial charge in [-0.1, -0.05) is 11.6 Å². The minimum Gasteiger partial charge on any atom is -0.497 e. The maximum absolute atomic E-state index is 12.6. The molecule has 0 radical (unpaired) electrons. The fourth-order valence-electron chi connectivity index (χ4n) is 3.67. The highest BCUT2D eigenvalue weighted by atomic mass is 16.5. The number of hydrogen-bond acceptors (Lipinski definition) is 6. The number of aromatic nitrogens is 1. The summed E-state index contributed by atoms with van der Waals surface area (Å²) in [6.07, 6.45) is 5.26. The molecule has 1 saturated heterocycles.